The SMILES string of the molecule is COC[C@@H]1[C@@H](CO)CNCc2c(O)c3c(c4c2[C@@H]2C#CC5=C(C=C6C(NCC[C@@H]6C)N5)[C@@H]5[C@@]6(C=C[C@@]7(O)CCCC[C@]57c5cccc(c5)C[C@H]1C#C2)CC[C@]1(Cc2cc(O)cc(OCO)c2-c2ccc5c(c21)O[C@H]4[C@H]5COC(C)=O)C6)C=C[C@@H]1N[C@H]2CCC[C@@H](CSS[C@@H](Cc4ccccc4)[C@@H]1O3)C2. The van der Waals surface area contributed by atoms with E-state index < -0.39 is 64.6 Å². The van der Waals surface area contributed by atoms with Crippen LogP contribution in [0.4, 0.5) is 0 Å². The van der Waals surface area contributed by atoms with E-state index in [2.05, 4.69) is 149 Å². The molecule has 3 saturated carbocycles. The molecule has 11 bridgehead atoms. The molecule has 18 atom stereocenters. The van der Waals surface area contributed by atoms with Crippen LogP contribution in [0.25, 0.3) is 17.2 Å². The highest BCUT2D eigenvalue weighted by atomic mass is 33.1. The molecular formula is C87H96N4O11S2. The summed E-state index contributed by atoms with van der Waals surface area (Å²) in [4.78, 5) is 13.8. The maximum atomic E-state index is 14.5. The van der Waals surface area contributed by atoms with Gasteiger partial charge in [-0.25, -0.2) is 0 Å². The molecule has 5 aromatic carbocycles. The van der Waals surface area contributed by atoms with Gasteiger partial charge in [0.2, 0.25) is 0 Å². The topological polar surface area (TPSA) is 212 Å². The quantitative estimate of drug-likeness (QED) is 0.0221. The molecule has 13 aliphatic rings. The first-order valence-electron chi connectivity index (χ1n) is 38.4. The van der Waals surface area contributed by atoms with Crippen molar-refractivity contribution < 1.29 is 54.0 Å². The third-order valence-electron chi connectivity index (χ3n) is 26.8. The van der Waals surface area contributed by atoms with Crippen LogP contribution in [0.1, 0.15) is 164 Å². The number of fused-ring (bicyclic) bond motifs is 13. The average Bonchev–Trinajstić information content (AvgIpc) is 1.35. The number of aliphatic hydroxyl groups is 3. The van der Waals surface area contributed by atoms with Crippen molar-refractivity contribution in [2.75, 3.05) is 52.6 Å². The van der Waals surface area contributed by atoms with Crippen LogP contribution in [-0.4, -0.2) is 119 Å². The van der Waals surface area contributed by atoms with Crippen LogP contribution in [0, 0.1) is 64.6 Å². The van der Waals surface area contributed by atoms with E-state index in [1.165, 1.54) is 24.5 Å². The standard InChI is InChI=1S/C87H96N4O11S2/c1-49-25-32-89-83-64(49)39-65-69(91-83)23-19-54-17-18-55-33-52-13-9-15-58(34-52)87-27-8-7-26-86(87,97)31-30-84(82(65)87)28-29-85(47-84)40-56-37-60(95)38-71(100-48-93)73(56)62-21-20-61-68(45-99-50(2)94)78(101-79(61)76(62)85)75-63-22-24-70-81(102-80(63)77(96)66(74(54)75)42-88-41-57(43-92)67(55)44-98-3)72(36-51-11-5-4-6-12-51)104-103-46-53-14-10-16-59(35-53)90-70/h4-6,9,11-13,15,20-22,24,30-31,34,37-39,49,53-55,57,59,67-68,70,72,78,81-83,88-93,95-97H,7-8,10,14,16,25-29,32-33,35-36,40-48H2,1-3H3/t49-,53+,54-,55+,57+,59-,67-,68-,70-,72-,78-,81+,82+,83?,84+,85-,86-,87-/m0/s1. The van der Waals surface area contributed by atoms with E-state index in [0.717, 1.165) is 113 Å². The molecule has 3 spiro atoms. The molecule has 0 aromatic heterocycles. The summed E-state index contributed by atoms with van der Waals surface area (Å²) in [6.07, 6.45) is 22.1. The smallest absolute Gasteiger partial charge is 0.302 e. The number of aliphatic hydroxyl groups excluding tert-OH is 2. The van der Waals surface area contributed by atoms with Gasteiger partial charge in [0, 0.05) is 119 Å². The predicted molar refractivity (Wildman–Crippen MR) is 405 cm³/mol. The second kappa shape index (κ2) is 27.3. The van der Waals surface area contributed by atoms with Gasteiger partial charge in [-0.1, -0.05) is 163 Å². The van der Waals surface area contributed by atoms with Gasteiger partial charge < -0.3 is 65.2 Å². The van der Waals surface area contributed by atoms with Crippen molar-refractivity contribution in [3.05, 3.63) is 176 Å². The number of rotatable bonds is 9. The van der Waals surface area contributed by atoms with Gasteiger partial charge in [0.15, 0.2) is 18.3 Å². The fourth-order valence-electron chi connectivity index (χ4n) is 22.2. The highest BCUT2D eigenvalue weighted by molar-refractivity contribution is 8.77. The fourth-order valence-corrected chi connectivity index (χ4v) is 25.4. The highest BCUT2D eigenvalue weighted by Gasteiger charge is 2.68. The second-order valence-corrected chi connectivity index (χ2v) is 35.3. The lowest BCUT2D eigenvalue weighted by atomic mass is 9.43. The van der Waals surface area contributed by atoms with Gasteiger partial charge in [-0.2, -0.15) is 0 Å². The van der Waals surface area contributed by atoms with Gasteiger partial charge >= 0.3 is 5.97 Å². The van der Waals surface area contributed by atoms with Crippen LogP contribution in [0.3, 0.4) is 0 Å². The van der Waals surface area contributed by atoms with Crippen molar-refractivity contribution in [3.63, 3.8) is 0 Å². The summed E-state index contributed by atoms with van der Waals surface area (Å²) >= 11 is 0. The van der Waals surface area contributed by atoms with E-state index in [1.807, 2.05) is 27.7 Å². The molecule has 17 heteroatoms. The van der Waals surface area contributed by atoms with Gasteiger partial charge in [0.25, 0.3) is 0 Å². The van der Waals surface area contributed by atoms with Crippen LogP contribution in [0.2, 0.25) is 0 Å². The molecule has 9 N–H and O–H groups in total. The number of hydrogen-bond acceptors (Lipinski definition) is 17. The number of ether oxygens (including phenoxy) is 5. The first-order chi connectivity index (χ1) is 50.7. The summed E-state index contributed by atoms with van der Waals surface area (Å²) in [5, 5.41) is 79.3. The summed E-state index contributed by atoms with van der Waals surface area (Å²) in [7, 11) is 5.56. The van der Waals surface area contributed by atoms with E-state index in [-0.39, 0.29) is 78.4 Å². The molecule has 0 radical (unpaired) electrons. The number of methoxy groups -OCH3 is 1. The molecule has 7 heterocycles. The lowest BCUT2D eigenvalue weighted by Gasteiger charge is -2.62. The first kappa shape index (κ1) is 68.7. The Morgan fingerprint density at radius 1 is 0.894 bits per heavy atom. The van der Waals surface area contributed by atoms with Crippen molar-refractivity contribution >= 4 is 33.6 Å². The number of hydrogen-bond donors (Lipinski definition) is 9. The predicted octanol–water partition coefficient (Wildman–Crippen LogP) is 12.6. The van der Waals surface area contributed by atoms with E-state index >= 15 is 0 Å². The van der Waals surface area contributed by atoms with E-state index in [1.54, 1.807) is 13.2 Å². The highest BCUT2D eigenvalue weighted by Crippen LogP contribution is 2.73. The molecular weight excluding hydrogens is 1340 g/mol. The van der Waals surface area contributed by atoms with Crippen LogP contribution in [0.5, 0.6) is 28.7 Å². The minimum Gasteiger partial charge on any atom is -0.508 e. The third kappa shape index (κ3) is 11.4. The van der Waals surface area contributed by atoms with Gasteiger partial charge in [-0.05, 0) is 157 Å². The van der Waals surface area contributed by atoms with Crippen molar-refractivity contribution in [1.82, 2.24) is 21.3 Å². The zero-order valence-electron chi connectivity index (χ0n) is 59.7. The van der Waals surface area contributed by atoms with Crippen LogP contribution < -0.4 is 35.5 Å². The number of phenols is 2. The van der Waals surface area contributed by atoms with E-state index in [4.69, 9.17) is 23.7 Å². The van der Waals surface area contributed by atoms with Gasteiger partial charge in [-0.3, -0.25) is 10.1 Å². The Balaban J connectivity index is 0.988. The number of benzene rings is 5. The van der Waals surface area contributed by atoms with Crippen LogP contribution in [0.15, 0.2) is 120 Å². The van der Waals surface area contributed by atoms with Gasteiger partial charge in [0.05, 0.1) is 35.1 Å². The molecule has 1 unspecified atom stereocenters. The Hall–Kier alpha value is -7.13. The molecule has 7 aliphatic heterocycles. The minimum absolute atomic E-state index is 0.0277. The molecule has 2 saturated heterocycles. The molecule has 6 aliphatic carbocycles. The number of piperidine rings is 1. The zero-order chi connectivity index (χ0) is 70.8. The number of aromatic hydroxyl groups is 2. The Morgan fingerprint density at radius 3 is 2.63 bits per heavy atom. The Kier molecular flexibility index (Phi) is 18.0. The van der Waals surface area contributed by atoms with Gasteiger partial charge in [0.1, 0.15) is 48.1 Å². The number of nitrogens with one attached hydrogen (secondary N) is 4. The molecule has 0 amide bonds. The third-order valence-corrected chi connectivity index (χ3v) is 29.8. The lowest BCUT2D eigenvalue weighted by molar-refractivity contribution is -0.141. The van der Waals surface area contributed by atoms with Crippen LogP contribution in [-0.2, 0) is 50.9 Å². The maximum absolute atomic E-state index is 14.5. The van der Waals surface area contributed by atoms with Crippen molar-refractivity contribution in [3.8, 4) is 63.6 Å². The number of carbonyl (C=O) groups is 1. The van der Waals surface area contributed by atoms with Crippen LogP contribution >= 0.6 is 21.6 Å². The summed E-state index contributed by atoms with van der Waals surface area (Å²) < 4.78 is 35.1. The summed E-state index contributed by atoms with van der Waals surface area (Å²) in [6.45, 7) is 4.55. The van der Waals surface area contributed by atoms with Crippen molar-refractivity contribution in [1.29, 1.82) is 0 Å². The molecule has 18 rings (SSSR count). The largest absolute Gasteiger partial charge is 0.508 e. The van der Waals surface area contributed by atoms with Crippen molar-refractivity contribution in [2.45, 2.75) is 181 Å². The zero-order valence-corrected chi connectivity index (χ0v) is 61.4. The lowest BCUT2D eigenvalue weighted by Crippen LogP contribution is -2.64. The second-order valence-electron chi connectivity index (χ2n) is 32.6. The van der Waals surface area contributed by atoms with E-state index in [0.29, 0.717) is 98.0 Å². The first-order valence-corrected chi connectivity index (χ1v) is 40.8. The minimum atomic E-state index is -1.30. The summed E-state index contributed by atoms with van der Waals surface area (Å²) in [6, 6.07) is 27.5. The number of allylic oxidation sites excluding steroid dienone is 4. The number of esters is 1. The fraction of sp³-hybridized carbons (Fsp3) is 0.506. The molecule has 104 heavy (non-hydrogen) atoms. The normalized spacial score (nSPS) is 35.0. The Bertz CT molecular complexity index is 4530. The maximum Gasteiger partial charge on any atom is 0.302 e. The number of dihydropyridines is 1. The van der Waals surface area contributed by atoms with E-state index in [9.17, 15) is 30.3 Å². The average molecular weight is 1440 g/mol. The number of phenolic OH excluding ortho intramolecular Hbond substituents is 2. The van der Waals surface area contributed by atoms with Crippen molar-refractivity contribution in [2.24, 2.45) is 40.9 Å². The Labute approximate surface area is 618 Å². The summed E-state index contributed by atoms with van der Waals surface area (Å²) in [5.41, 5.74) is 9.78. The Morgan fingerprint density at radius 2 is 1.78 bits per heavy atom. The molecule has 542 valence electrons. The molecule has 15 nitrogen and oxygen atoms in total. The molecule has 5 aromatic rings. The van der Waals surface area contributed by atoms with Gasteiger partial charge in [-0.15, -0.1) is 0 Å². The monoisotopic (exact) mass is 1440 g/mol. The summed E-state index contributed by atoms with van der Waals surface area (Å²) in [5.74, 6) is 15.8. The molecule has 5 fully saturated rings. The number of carbonyl (C=O) groups excluding carboxylic acids is 1.